The van der Waals surface area contributed by atoms with Crippen LogP contribution in [0.1, 0.15) is 37.2 Å². The molecule has 1 aliphatic heterocycles. The lowest BCUT2D eigenvalue weighted by Crippen LogP contribution is -2.40. The van der Waals surface area contributed by atoms with Gasteiger partial charge in [0, 0.05) is 53.3 Å². The Balaban J connectivity index is 1.86. The number of hydrogen-bond acceptors (Lipinski definition) is 6. The van der Waals surface area contributed by atoms with Gasteiger partial charge >= 0.3 is 0 Å². The smallest absolute Gasteiger partial charge is 0.294 e. The number of non-ortho nitro benzene ring substituents is 1. The summed E-state index contributed by atoms with van der Waals surface area (Å²) in [5.74, 6) is -1.07. The normalized spacial score (nSPS) is 18.7. The van der Waals surface area contributed by atoms with Crippen LogP contribution in [0.3, 0.4) is 0 Å². The highest BCUT2D eigenvalue weighted by Gasteiger charge is 2.41. The fourth-order valence-electron chi connectivity index (χ4n) is 4.22. The van der Waals surface area contributed by atoms with Gasteiger partial charge in [0.2, 0.25) is 5.91 Å². The molecule has 4 rings (SSSR count). The summed E-state index contributed by atoms with van der Waals surface area (Å²) < 4.78 is 0. The van der Waals surface area contributed by atoms with Gasteiger partial charge in [-0.3, -0.25) is 34.7 Å². The number of hydrogen-bond donors (Lipinski definition) is 0. The second kappa shape index (κ2) is 7.92. The molecule has 0 saturated heterocycles. The van der Waals surface area contributed by atoms with E-state index in [1.54, 1.807) is 12.1 Å². The van der Waals surface area contributed by atoms with Gasteiger partial charge in [-0.1, -0.05) is 23.7 Å². The van der Waals surface area contributed by atoms with Crippen LogP contribution in [0.25, 0.3) is 0 Å². The van der Waals surface area contributed by atoms with Crippen molar-refractivity contribution in [2.75, 3.05) is 4.90 Å². The summed E-state index contributed by atoms with van der Waals surface area (Å²) >= 11 is 5.91. The fourth-order valence-corrected chi connectivity index (χ4v) is 4.38. The summed E-state index contributed by atoms with van der Waals surface area (Å²) in [6, 6.07) is 9.82. The van der Waals surface area contributed by atoms with Crippen molar-refractivity contribution in [3.8, 4) is 0 Å². The monoisotopic (exact) mass is 441 g/mol. The van der Waals surface area contributed by atoms with Crippen molar-refractivity contribution < 1.29 is 19.4 Å². The Kier molecular flexibility index (Phi) is 5.28. The van der Waals surface area contributed by atoms with Crippen LogP contribution >= 0.6 is 11.6 Å². The number of ketones is 1. The zero-order chi connectivity index (χ0) is 22.3. The number of anilines is 1. The van der Waals surface area contributed by atoms with Crippen LogP contribution in [0.5, 0.6) is 0 Å². The van der Waals surface area contributed by atoms with Crippen molar-refractivity contribution in [2.45, 2.75) is 31.6 Å². The van der Waals surface area contributed by atoms with E-state index in [0.29, 0.717) is 36.1 Å². The second-order valence-corrected chi connectivity index (χ2v) is 7.80. The minimum absolute atomic E-state index is 0.0729. The summed E-state index contributed by atoms with van der Waals surface area (Å²) in [6.45, 7) is 0. The van der Waals surface area contributed by atoms with Crippen LogP contribution in [-0.2, 0) is 9.59 Å². The van der Waals surface area contributed by atoms with Gasteiger partial charge in [0.25, 0.3) is 11.4 Å². The molecule has 0 saturated carbocycles. The molecule has 158 valence electrons. The molecule has 0 bridgehead atoms. The topological polar surface area (TPSA) is 124 Å². The molecule has 2 aromatic rings. The maximum Gasteiger partial charge on any atom is 0.294 e. The molecule has 1 unspecified atom stereocenters. The summed E-state index contributed by atoms with van der Waals surface area (Å²) in [6.07, 6.45) is 1.17. The predicted octanol–water partition coefficient (Wildman–Crippen LogP) is 4.68. The molecule has 31 heavy (non-hydrogen) atoms. The molecule has 0 spiro atoms. The standard InChI is InChI=1S/C21H16ClN3O6/c22-13-6-9-16(18(10-13)25(30)31)23-17-2-1-3-19(26)21(17)15(11-20(23)27)12-4-7-14(8-5-12)24(28)29/h4-10,15H,1-3,11H2. The van der Waals surface area contributed by atoms with E-state index in [4.69, 9.17) is 11.6 Å². The first kappa shape index (κ1) is 20.7. The van der Waals surface area contributed by atoms with E-state index in [1.165, 1.54) is 35.2 Å². The molecule has 1 heterocycles. The minimum atomic E-state index is -0.609. The van der Waals surface area contributed by atoms with E-state index < -0.39 is 15.8 Å². The molecule has 9 nitrogen and oxygen atoms in total. The maximum atomic E-state index is 13.2. The summed E-state index contributed by atoms with van der Waals surface area (Å²) in [5.41, 5.74) is 1.16. The van der Waals surface area contributed by atoms with Gasteiger partial charge in [-0.05, 0) is 30.5 Å². The molecular weight excluding hydrogens is 426 g/mol. The number of carbonyl (C=O) groups is 2. The number of carbonyl (C=O) groups excluding carboxylic acids is 2. The average Bonchev–Trinajstić information content (AvgIpc) is 2.73. The molecule has 2 aliphatic rings. The maximum absolute atomic E-state index is 13.2. The highest BCUT2D eigenvalue weighted by molar-refractivity contribution is 6.31. The van der Waals surface area contributed by atoms with Crippen LogP contribution in [0.2, 0.25) is 5.02 Å². The van der Waals surface area contributed by atoms with Gasteiger partial charge in [-0.25, -0.2) is 0 Å². The van der Waals surface area contributed by atoms with E-state index in [-0.39, 0.29) is 40.2 Å². The lowest BCUT2D eigenvalue weighted by molar-refractivity contribution is -0.384. The SMILES string of the molecule is O=C1CCCC2=C1C(c1ccc([N+](=O)[O-])cc1)CC(=O)N2c1ccc(Cl)cc1[N+](=O)[O-]. The quantitative estimate of drug-likeness (QED) is 0.501. The zero-order valence-corrected chi connectivity index (χ0v) is 16.9. The van der Waals surface area contributed by atoms with Gasteiger partial charge in [0.1, 0.15) is 5.69 Å². The van der Waals surface area contributed by atoms with Crippen LogP contribution in [0.15, 0.2) is 53.7 Å². The number of nitro groups is 2. The first-order valence-electron chi connectivity index (χ1n) is 9.55. The third-order valence-electron chi connectivity index (χ3n) is 5.56. The van der Waals surface area contributed by atoms with Crippen LogP contribution in [0.4, 0.5) is 17.1 Å². The molecule has 1 aliphatic carbocycles. The van der Waals surface area contributed by atoms with Crippen molar-refractivity contribution in [1.82, 2.24) is 0 Å². The largest absolute Gasteiger partial charge is 0.294 e. The van der Waals surface area contributed by atoms with Gasteiger partial charge in [0.05, 0.1) is 9.85 Å². The van der Waals surface area contributed by atoms with Crippen LogP contribution in [-0.4, -0.2) is 21.5 Å². The zero-order valence-electron chi connectivity index (χ0n) is 16.1. The van der Waals surface area contributed by atoms with Crippen molar-refractivity contribution in [3.63, 3.8) is 0 Å². The third kappa shape index (κ3) is 3.68. The Hall–Kier alpha value is -3.59. The Labute approximate surface area is 181 Å². The van der Waals surface area contributed by atoms with E-state index in [1.807, 2.05) is 0 Å². The van der Waals surface area contributed by atoms with Crippen molar-refractivity contribution >= 4 is 40.4 Å². The van der Waals surface area contributed by atoms with E-state index in [0.717, 1.165) is 0 Å². The van der Waals surface area contributed by atoms with Crippen molar-refractivity contribution in [2.24, 2.45) is 0 Å². The number of halogens is 1. The van der Waals surface area contributed by atoms with Crippen molar-refractivity contribution in [3.05, 3.63) is 84.5 Å². The number of nitro benzene ring substituents is 2. The van der Waals surface area contributed by atoms with Gasteiger partial charge < -0.3 is 0 Å². The highest BCUT2D eigenvalue weighted by atomic mass is 35.5. The molecule has 0 radical (unpaired) electrons. The molecular formula is C21H16ClN3O6. The van der Waals surface area contributed by atoms with E-state index in [2.05, 4.69) is 0 Å². The lowest BCUT2D eigenvalue weighted by atomic mass is 9.77. The first-order valence-corrected chi connectivity index (χ1v) is 9.93. The van der Waals surface area contributed by atoms with Crippen molar-refractivity contribution in [1.29, 1.82) is 0 Å². The van der Waals surface area contributed by atoms with Gasteiger partial charge in [-0.2, -0.15) is 0 Å². The van der Waals surface area contributed by atoms with Gasteiger partial charge in [0.15, 0.2) is 5.78 Å². The van der Waals surface area contributed by atoms with E-state index in [9.17, 15) is 29.8 Å². The van der Waals surface area contributed by atoms with Crippen LogP contribution < -0.4 is 4.90 Å². The molecule has 2 aromatic carbocycles. The highest BCUT2D eigenvalue weighted by Crippen LogP contribution is 2.45. The molecule has 1 amide bonds. The number of amides is 1. The minimum Gasteiger partial charge on any atom is -0.294 e. The molecule has 0 N–H and O–H groups in total. The Morgan fingerprint density at radius 3 is 2.32 bits per heavy atom. The molecule has 10 heteroatoms. The number of nitrogens with zero attached hydrogens (tertiary/aromatic N) is 3. The summed E-state index contributed by atoms with van der Waals surface area (Å²) in [5, 5.41) is 22.7. The first-order chi connectivity index (χ1) is 14.8. The van der Waals surface area contributed by atoms with Crippen LogP contribution in [0, 0.1) is 20.2 Å². The summed E-state index contributed by atoms with van der Waals surface area (Å²) in [7, 11) is 0. The average molecular weight is 442 g/mol. The second-order valence-electron chi connectivity index (χ2n) is 7.36. The number of allylic oxidation sites excluding steroid dienone is 2. The van der Waals surface area contributed by atoms with E-state index >= 15 is 0 Å². The predicted molar refractivity (Wildman–Crippen MR) is 112 cm³/mol. The molecule has 0 fully saturated rings. The lowest BCUT2D eigenvalue weighted by Gasteiger charge is -2.38. The molecule has 0 aromatic heterocycles. The number of Topliss-reactive ketones (excluding diaryl/α,β-unsaturated/α-hetero) is 1. The van der Waals surface area contributed by atoms with Gasteiger partial charge in [-0.15, -0.1) is 0 Å². The fraction of sp³-hybridized carbons (Fsp3) is 0.238. The Morgan fingerprint density at radius 2 is 1.68 bits per heavy atom. The third-order valence-corrected chi connectivity index (χ3v) is 5.79. The Morgan fingerprint density at radius 1 is 0.968 bits per heavy atom. The number of benzene rings is 2. The Bertz CT molecular complexity index is 1160. The summed E-state index contributed by atoms with van der Waals surface area (Å²) in [4.78, 5) is 48.8. The molecule has 1 atom stereocenters. The number of rotatable bonds is 4.